The second-order valence-electron chi connectivity index (χ2n) is 8.45. The molecule has 2 amide bonds. The molecule has 1 atom stereocenters. The van der Waals surface area contributed by atoms with Gasteiger partial charge in [-0.2, -0.15) is 0 Å². The highest BCUT2D eigenvalue weighted by molar-refractivity contribution is 6.14. The van der Waals surface area contributed by atoms with Crippen LogP contribution in [-0.2, 0) is 19.9 Å². The molecule has 0 saturated heterocycles. The van der Waals surface area contributed by atoms with Crippen LogP contribution >= 0.6 is 0 Å². The minimum Gasteiger partial charge on any atom is -0.439 e. The molecule has 5 rings (SSSR count). The number of esters is 1. The van der Waals surface area contributed by atoms with Crippen LogP contribution in [-0.4, -0.2) is 24.3 Å². The number of amides is 2. The number of rotatable bonds is 4. The van der Waals surface area contributed by atoms with Crippen LogP contribution in [0.1, 0.15) is 40.4 Å². The Morgan fingerprint density at radius 2 is 1.65 bits per heavy atom. The molecule has 0 unspecified atom stereocenters. The van der Waals surface area contributed by atoms with Gasteiger partial charge in [-0.1, -0.05) is 66.7 Å². The predicted molar refractivity (Wildman–Crippen MR) is 129 cm³/mol. The Labute approximate surface area is 197 Å². The maximum Gasteiger partial charge on any atom is 0.356 e. The van der Waals surface area contributed by atoms with Crippen molar-refractivity contribution in [3.05, 3.63) is 107 Å². The number of hydrogen-bond donors (Lipinski definition) is 1. The third kappa shape index (κ3) is 3.30. The van der Waals surface area contributed by atoms with Crippen molar-refractivity contribution in [1.29, 1.82) is 0 Å². The van der Waals surface area contributed by atoms with E-state index in [4.69, 9.17) is 4.74 Å². The predicted octanol–water partition coefficient (Wildman–Crippen LogP) is 4.35. The molecule has 3 aromatic rings. The summed E-state index contributed by atoms with van der Waals surface area (Å²) >= 11 is 0. The van der Waals surface area contributed by atoms with Crippen molar-refractivity contribution >= 4 is 29.0 Å². The Morgan fingerprint density at radius 3 is 2.32 bits per heavy atom. The van der Waals surface area contributed by atoms with E-state index < -0.39 is 17.5 Å². The minimum absolute atomic E-state index is 0.0580. The van der Waals surface area contributed by atoms with Crippen LogP contribution in [0.2, 0.25) is 0 Å². The Hall–Kier alpha value is -4.19. The van der Waals surface area contributed by atoms with Gasteiger partial charge in [0.05, 0.1) is 5.69 Å². The molecular weight excluding hydrogens is 428 g/mol. The first-order valence-electron chi connectivity index (χ1n) is 11.3. The smallest absolute Gasteiger partial charge is 0.356 e. The van der Waals surface area contributed by atoms with Crippen LogP contribution < -0.4 is 10.2 Å². The van der Waals surface area contributed by atoms with Gasteiger partial charge in [0.15, 0.2) is 0 Å². The summed E-state index contributed by atoms with van der Waals surface area (Å²) in [5.41, 5.74) is 2.73. The van der Waals surface area contributed by atoms with Crippen LogP contribution in [0, 0.1) is 6.92 Å². The van der Waals surface area contributed by atoms with E-state index in [0.717, 1.165) is 16.8 Å². The standard InChI is InChI=1S/C28H24N2O4/c1-3-30-24-18(2)11-10-16-22(24)28(27(30)33)17-21(19-12-6-4-7-13-19)23(26(32)34-28)29-25(31)20-14-8-5-9-15-20/h4-16H,3,17H2,1-2H3,(H,29,31)/t28-/m1/s1. The number of carbonyl (C=O) groups is 3. The zero-order chi connectivity index (χ0) is 23.9. The van der Waals surface area contributed by atoms with Crippen molar-refractivity contribution in [1.82, 2.24) is 5.32 Å². The quantitative estimate of drug-likeness (QED) is 0.598. The molecule has 6 heteroatoms. The lowest BCUT2D eigenvalue weighted by Crippen LogP contribution is -2.48. The Kier molecular flexibility index (Phi) is 5.28. The number of aryl methyl sites for hydroxylation is 1. The van der Waals surface area contributed by atoms with E-state index in [1.54, 1.807) is 29.2 Å². The fraction of sp³-hybridized carbons (Fsp3) is 0.179. The number of nitrogens with zero attached hydrogens (tertiary/aromatic N) is 1. The molecule has 1 spiro atoms. The van der Waals surface area contributed by atoms with Crippen LogP contribution in [0.5, 0.6) is 0 Å². The fourth-order valence-corrected chi connectivity index (χ4v) is 4.84. The van der Waals surface area contributed by atoms with Gasteiger partial charge in [0.2, 0.25) is 5.60 Å². The summed E-state index contributed by atoms with van der Waals surface area (Å²) in [6, 6.07) is 23.7. The van der Waals surface area contributed by atoms with E-state index in [2.05, 4.69) is 5.32 Å². The van der Waals surface area contributed by atoms with E-state index in [1.165, 1.54) is 0 Å². The summed E-state index contributed by atoms with van der Waals surface area (Å²) in [6.07, 6.45) is 0.124. The average Bonchev–Trinajstić information content (AvgIpc) is 3.09. The molecule has 1 N–H and O–H groups in total. The molecular formula is C28H24N2O4. The maximum atomic E-state index is 13.7. The number of fused-ring (bicyclic) bond motifs is 2. The molecule has 34 heavy (non-hydrogen) atoms. The van der Waals surface area contributed by atoms with Gasteiger partial charge < -0.3 is 15.0 Å². The molecule has 0 bridgehead atoms. The highest BCUT2D eigenvalue weighted by Gasteiger charge is 2.57. The first kappa shape index (κ1) is 21.6. The lowest BCUT2D eigenvalue weighted by Gasteiger charge is -2.35. The van der Waals surface area contributed by atoms with E-state index in [9.17, 15) is 14.4 Å². The number of para-hydroxylation sites is 1. The molecule has 2 heterocycles. The zero-order valence-corrected chi connectivity index (χ0v) is 19.0. The molecule has 2 aliphatic heterocycles. The molecule has 0 aromatic heterocycles. The molecule has 0 fully saturated rings. The fourth-order valence-electron chi connectivity index (χ4n) is 4.84. The zero-order valence-electron chi connectivity index (χ0n) is 19.0. The van der Waals surface area contributed by atoms with E-state index in [0.29, 0.717) is 23.2 Å². The van der Waals surface area contributed by atoms with Gasteiger partial charge >= 0.3 is 5.97 Å². The van der Waals surface area contributed by atoms with Crippen LogP contribution in [0.4, 0.5) is 5.69 Å². The number of carbonyl (C=O) groups excluding carboxylic acids is 3. The minimum atomic E-state index is -1.47. The van der Waals surface area contributed by atoms with Gasteiger partial charge in [-0.05, 0) is 42.7 Å². The summed E-state index contributed by atoms with van der Waals surface area (Å²) in [6.45, 7) is 4.30. The van der Waals surface area contributed by atoms with Gasteiger partial charge in [0.1, 0.15) is 5.70 Å². The van der Waals surface area contributed by atoms with Gasteiger partial charge in [-0.15, -0.1) is 0 Å². The third-order valence-electron chi connectivity index (χ3n) is 6.44. The number of hydrogen-bond acceptors (Lipinski definition) is 4. The highest BCUT2D eigenvalue weighted by Crippen LogP contribution is 2.51. The Morgan fingerprint density at radius 1 is 0.971 bits per heavy atom. The summed E-state index contributed by atoms with van der Waals surface area (Å²) in [4.78, 5) is 41.8. The second kappa shape index (κ2) is 8.30. The lowest BCUT2D eigenvalue weighted by molar-refractivity contribution is -0.165. The van der Waals surface area contributed by atoms with Crippen molar-refractivity contribution < 1.29 is 19.1 Å². The van der Waals surface area contributed by atoms with Gasteiger partial charge in [-0.3, -0.25) is 9.59 Å². The van der Waals surface area contributed by atoms with Gasteiger partial charge in [-0.25, -0.2) is 4.79 Å². The molecule has 170 valence electrons. The maximum absolute atomic E-state index is 13.7. The third-order valence-corrected chi connectivity index (χ3v) is 6.44. The second-order valence-corrected chi connectivity index (χ2v) is 8.45. The largest absolute Gasteiger partial charge is 0.439 e. The van der Waals surface area contributed by atoms with E-state index >= 15 is 0 Å². The van der Waals surface area contributed by atoms with Crippen LogP contribution in [0.15, 0.2) is 84.6 Å². The SMILES string of the molecule is CCN1C(=O)[C@@]2(CC(c3ccccc3)=C(NC(=O)c3ccccc3)C(=O)O2)c2cccc(C)c21. The molecule has 6 nitrogen and oxygen atoms in total. The van der Waals surface area contributed by atoms with Crippen LogP contribution in [0.25, 0.3) is 5.57 Å². The number of ether oxygens (including phenoxy) is 1. The van der Waals surface area contributed by atoms with Gasteiger partial charge in [0.25, 0.3) is 11.8 Å². The molecule has 3 aromatic carbocycles. The molecule has 0 saturated carbocycles. The topological polar surface area (TPSA) is 75.7 Å². The molecule has 0 radical (unpaired) electrons. The van der Waals surface area contributed by atoms with Crippen molar-refractivity contribution in [3.63, 3.8) is 0 Å². The number of anilines is 1. The first-order chi connectivity index (χ1) is 16.5. The average molecular weight is 453 g/mol. The van der Waals surface area contributed by atoms with Crippen molar-refractivity contribution in [3.8, 4) is 0 Å². The number of benzene rings is 3. The molecule has 2 aliphatic rings. The van der Waals surface area contributed by atoms with Crippen LogP contribution in [0.3, 0.4) is 0 Å². The first-order valence-corrected chi connectivity index (χ1v) is 11.3. The number of nitrogens with one attached hydrogen (secondary N) is 1. The van der Waals surface area contributed by atoms with Gasteiger partial charge in [0, 0.05) is 24.1 Å². The van der Waals surface area contributed by atoms with E-state index in [1.807, 2.05) is 68.4 Å². The van der Waals surface area contributed by atoms with E-state index in [-0.39, 0.29) is 18.0 Å². The van der Waals surface area contributed by atoms with Crippen molar-refractivity contribution in [2.45, 2.75) is 25.9 Å². The number of likely N-dealkylation sites (N-methyl/N-ethyl adjacent to an activating group) is 1. The van der Waals surface area contributed by atoms with Crippen molar-refractivity contribution in [2.75, 3.05) is 11.4 Å². The Bertz CT molecular complexity index is 1330. The normalized spacial score (nSPS) is 19.3. The summed E-state index contributed by atoms with van der Waals surface area (Å²) in [7, 11) is 0. The monoisotopic (exact) mass is 452 g/mol. The summed E-state index contributed by atoms with van der Waals surface area (Å²) in [5.74, 6) is -1.41. The lowest BCUT2D eigenvalue weighted by atomic mass is 9.82. The van der Waals surface area contributed by atoms with Crippen molar-refractivity contribution in [2.24, 2.45) is 0 Å². The summed E-state index contributed by atoms with van der Waals surface area (Å²) < 4.78 is 5.96. The molecule has 0 aliphatic carbocycles. The Balaban J connectivity index is 1.66. The highest BCUT2D eigenvalue weighted by atomic mass is 16.6. The summed E-state index contributed by atoms with van der Waals surface area (Å²) in [5, 5.41) is 2.76.